The molecule has 2 N–H and O–H groups in total. The van der Waals surface area contributed by atoms with Crippen LogP contribution in [0.1, 0.15) is 31.9 Å². The molecule has 1 amide bonds. The monoisotopic (exact) mass is 392 g/mol. The van der Waals surface area contributed by atoms with Crippen LogP contribution in [0.5, 0.6) is 0 Å². The Bertz CT molecular complexity index is 1000. The Hall–Kier alpha value is -3.26. The highest BCUT2D eigenvalue weighted by Gasteiger charge is 2.33. The number of aliphatic hydroxyl groups excluding tert-OH is 1. The van der Waals surface area contributed by atoms with Crippen LogP contribution >= 0.6 is 0 Å². The van der Waals surface area contributed by atoms with Crippen LogP contribution < -0.4 is 10.2 Å². The van der Waals surface area contributed by atoms with Gasteiger partial charge in [0.05, 0.1) is 25.4 Å². The van der Waals surface area contributed by atoms with E-state index in [2.05, 4.69) is 33.6 Å². The minimum absolute atomic E-state index is 0.00845. The lowest BCUT2D eigenvalue weighted by Gasteiger charge is -2.39. The number of aromatic nitrogens is 4. The SMILES string of the molecule is CC(=O)N1c2ccc(-c3cn(CCO)nn3)cc2C(Nc2ccccn2)CC1C. The maximum atomic E-state index is 12.3. The zero-order chi connectivity index (χ0) is 20.4. The second-order valence-corrected chi connectivity index (χ2v) is 7.25. The van der Waals surface area contributed by atoms with Gasteiger partial charge in [0.1, 0.15) is 11.5 Å². The van der Waals surface area contributed by atoms with E-state index in [-0.39, 0.29) is 24.6 Å². The molecule has 150 valence electrons. The molecule has 3 heterocycles. The van der Waals surface area contributed by atoms with Gasteiger partial charge in [0.2, 0.25) is 5.91 Å². The number of amides is 1. The van der Waals surface area contributed by atoms with E-state index >= 15 is 0 Å². The van der Waals surface area contributed by atoms with E-state index < -0.39 is 0 Å². The number of carbonyl (C=O) groups excluding carboxylic acids is 1. The molecule has 2 atom stereocenters. The van der Waals surface area contributed by atoms with Crippen LogP contribution in [0.3, 0.4) is 0 Å². The van der Waals surface area contributed by atoms with Crippen LogP contribution in [0.2, 0.25) is 0 Å². The third kappa shape index (κ3) is 3.84. The number of carbonyl (C=O) groups is 1. The van der Waals surface area contributed by atoms with Crippen molar-refractivity contribution in [3.05, 3.63) is 54.4 Å². The van der Waals surface area contributed by atoms with Gasteiger partial charge in [-0.2, -0.15) is 0 Å². The summed E-state index contributed by atoms with van der Waals surface area (Å²) in [5, 5.41) is 20.9. The average molecular weight is 392 g/mol. The van der Waals surface area contributed by atoms with Gasteiger partial charge in [-0.1, -0.05) is 17.3 Å². The molecule has 8 nitrogen and oxygen atoms in total. The number of aliphatic hydroxyl groups is 1. The van der Waals surface area contributed by atoms with Gasteiger partial charge in [-0.3, -0.25) is 4.79 Å². The Morgan fingerprint density at radius 2 is 2.17 bits per heavy atom. The van der Waals surface area contributed by atoms with Gasteiger partial charge in [0.25, 0.3) is 0 Å². The maximum Gasteiger partial charge on any atom is 0.224 e. The topological polar surface area (TPSA) is 96.2 Å². The molecule has 0 saturated heterocycles. The molecule has 1 aromatic carbocycles. The lowest BCUT2D eigenvalue weighted by atomic mass is 9.90. The molecular weight excluding hydrogens is 368 g/mol. The summed E-state index contributed by atoms with van der Waals surface area (Å²) in [6, 6.07) is 11.8. The fraction of sp³-hybridized carbons (Fsp3) is 0.333. The summed E-state index contributed by atoms with van der Waals surface area (Å²) in [5.41, 5.74) is 3.57. The molecule has 29 heavy (non-hydrogen) atoms. The molecule has 0 saturated carbocycles. The first kappa shape index (κ1) is 19.1. The number of benzene rings is 1. The number of anilines is 2. The molecule has 1 aliphatic heterocycles. The molecule has 0 fully saturated rings. The number of hydrogen-bond donors (Lipinski definition) is 2. The molecule has 2 aromatic heterocycles. The van der Waals surface area contributed by atoms with Gasteiger partial charge in [0, 0.05) is 30.4 Å². The van der Waals surface area contributed by atoms with Crippen LogP contribution in [0.4, 0.5) is 11.5 Å². The summed E-state index contributed by atoms with van der Waals surface area (Å²) >= 11 is 0. The number of rotatable bonds is 5. The predicted octanol–water partition coefficient (Wildman–Crippen LogP) is 2.63. The zero-order valence-corrected chi connectivity index (χ0v) is 16.5. The molecule has 0 aliphatic carbocycles. The van der Waals surface area contributed by atoms with E-state index in [1.165, 1.54) is 0 Å². The highest BCUT2D eigenvalue weighted by atomic mass is 16.3. The molecule has 4 rings (SSSR count). The molecule has 3 aromatic rings. The number of fused-ring (bicyclic) bond motifs is 1. The van der Waals surface area contributed by atoms with E-state index in [4.69, 9.17) is 5.11 Å². The predicted molar refractivity (Wildman–Crippen MR) is 110 cm³/mol. The quantitative estimate of drug-likeness (QED) is 0.693. The number of pyridine rings is 1. The Labute approximate surface area is 169 Å². The first-order chi connectivity index (χ1) is 14.1. The largest absolute Gasteiger partial charge is 0.394 e. The average Bonchev–Trinajstić information content (AvgIpc) is 3.17. The van der Waals surface area contributed by atoms with Gasteiger partial charge in [0.15, 0.2) is 0 Å². The molecule has 0 spiro atoms. The Morgan fingerprint density at radius 1 is 1.31 bits per heavy atom. The Morgan fingerprint density at radius 3 is 2.90 bits per heavy atom. The molecule has 8 heteroatoms. The van der Waals surface area contributed by atoms with Crippen molar-refractivity contribution in [3.8, 4) is 11.3 Å². The van der Waals surface area contributed by atoms with Crippen LogP contribution in [-0.2, 0) is 11.3 Å². The summed E-state index contributed by atoms with van der Waals surface area (Å²) in [6.07, 6.45) is 4.34. The number of hydrogen-bond acceptors (Lipinski definition) is 6. The highest BCUT2D eigenvalue weighted by molar-refractivity contribution is 5.94. The first-order valence-corrected chi connectivity index (χ1v) is 9.69. The third-order valence-corrected chi connectivity index (χ3v) is 5.17. The van der Waals surface area contributed by atoms with Crippen LogP contribution in [0, 0.1) is 0 Å². The second kappa shape index (κ2) is 8.00. The lowest BCUT2D eigenvalue weighted by molar-refractivity contribution is -0.117. The summed E-state index contributed by atoms with van der Waals surface area (Å²) in [7, 11) is 0. The van der Waals surface area contributed by atoms with Crippen molar-refractivity contribution >= 4 is 17.4 Å². The maximum absolute atomic E-state index is 12.3. The van der Waals surface area contributed by atoms with E-state index in [1.54, 1.807) is 17.8 Å². The van der Waals surface area contributed by atoms with Gasteiger partial charge in [-0.25, -0.2) is 9.67 Å². The van der Waals surface area contributed by atoms with E-state index in [0.717, 1.165) is 34.7 Å². The number of nitrogens with one attached hydrogen (secondary N) is 1. The van der Waals surface area contributed by atoms with Crippen molar-refractivity contribution in [1.82, 2.24) is 20.0 Å². The summed E-state index contributed by atoms with van der Waals surface area (Å²) in [4.78, 5) is 18.5. The minimum atomic E-state index is 0.00845. The molecule has 0 radical (unpaired) electrons. The molecule has 2 unspecified atom stereocenters. The van der Waals surface area contributed by atoms with Crippen molar-refractivity contribution in [2.24, 2.45) is 0 Å². The molecular formula is C21H24N6O2. The van der Waals surface area contributed by atoms with Gasteiger partial charge in [-0.15, -0.1) is 5.10 Å². The summed E-state index contributed by atoms with van der Waals surface area (Å²) in [6.45, 7) is 4.07. The van der Waals surface area contributed by atoms with Gasteiger partial charge >= 0.3 is 0 Å². The fourth-order valence-corrected chi connectivity index (χ4v) is 3.91. The van der Waals surface area contributed by atoms with Gasteiger partial charge < -0.3 is 15.3 Å². The smallest absolute Gasteiger partial charge is 0.224 e. The second-order valence-electron chi connectivity index (χ2n) is 7.25. The summed E-state index contributed by atoms with van der Waals surface area (Å²) in [5.74, 6) is 0.822. The normalized spacial score (nSPS) is 18.4. The van der Waals surface area contributed by atoms with Crippen molar-refractivity contribution < 1.29 is 9.90 Å². The van der Waals surface area contributed by atoms with Crippen molar-refractivity contribution in [3.63, 3.8) is 0 Å². The van der Waals surface area contributed by atoms with E-state index in [0.29, 0.717) is 6.54 Å². The zero-order valence-electron chi connectivity index (χ0n) is 16.5. The van der Waals surface area contributed by atoms with Crippen LogP contribution in [0.15, 0.2) is 48.8 Å². The van der Waals surface area contributed by atoms with Crippen LogP contribution in [0.25, 0.3) is 11.3 Å². The Balaban J connectivity index is 1.74. The fourth-order valence-electron chi connectivity index (χ4n) is 3.91. The van der Waals surface area contributed by atoms with Crippen molar-refractivity contribution in [2.45, 2.75) is 38.9 Å². The molecule has 0 bridgehead atoms. The Kier molecular flexibility index (Phi) is 5.26. The first-order valence-electron chi connectivity index (χ1n) is 9.69. The molecule has 1 aliphatic rings. The van der Waals surface area contributed by atoms with E-state index in [9.17, 15) is 4.79 Å². The lowest BCUT2D eigenvalue weighted by Crippen LogP contribution is -2.43. The minimum Gasteiger partial charge on any atom is -0.394 e. The van der Waals surface area contributed by atoms with E-state index in [1.807, 2.05) is 41.4 Å². The van der Waals surface area contributed by atoms with Crippen molar-refractivity contribution in [2.75, 3.05) is 16.8 Å². The van der Waals surface area contributed by atoms with Gasteiger partial charge in [-0.05, 0) is 43.2 Å². The highest BCUT2D eigenvalue weighted by Crippen LogP contribution is 2.40. The number of nitrogens with zero attached hydrogens (tertiary/aromatic N) is 5. The standard InChI is InChI=1S/C21H24N6O2/c1-14-11-18(23-21-5-3-4-8-22-21)17-12-16(6-7-20(17)27(14)15(2)29)19-13-26(9-10-28)25-24-19/h3-8,12-14,18,28H,9-11H2,1-2H3,(H,22,23). The van der Waals surface area contributed by atoms with Crippen molar-refractivity contribution in [1.29, 1.82) is 0 Å². The van der Waals surface area contributed by atoms with Crippen LogP contribution in [-0.4, -0.2) is 43.6 Å². The summed E-state index contributed by atoms with van der Waals surface area (Å²) < 4.78 is 1.61. The third-order valence-electron chi connectivity index (χ3n) is 5.17.